The molecule has 0 aliphatic heterocycles. The predicted octanol–water partition coefficient (Wildman–Crippen LogP) is 3.92. The molecular weight excluding hydrogens is 392 g/mol. The maximum Gasteiger partial charge on any atom is 0.318 e. The van der Waals surface area contributed by atoms with E-state index in [9.17, 15) is 9.59 Å². The summed E-state index contributed by atoms with van der Waals surface area (Å²) in [5.41, 5.74) is 0. The van der Waals surface area contributed by atoms with Gasteiger partial charge >= 0.3 is 11.9 Å². The van der Waals surface area contributed by atoms with Gasteiger partial charge in [-0.15, -0.1) is 0 Å². The van der Waals surface area contributed by atoms with Gasteiger partial charge in [0.05, 0.1) is 23.7 Å². The van der Waals surface area contributed by atoms with Crippen molar-refractivity contribution in [3.05, 3.63) is 0 Å². The van der Waals surface area contributed by atoms with Gasteiger partial charge in [0, 0.05) is 0 Å². The third-order valence-electron chi connectivity index (χ3n) is 3.57. The number of hydrogen-bond donors (Lipinski definition) is 2. The van der Waals surface area contributed by atoms with Crippen LogP contribution in [-0.2, 0) is 23.2 Å². The van der Waals surface area contributed by atoms with Crippen LogP contribution >= 0.6 is 25.3 Å². The Labute approximate surface area is 165 Å². The molecule has 0 radical (unpaired) electrons. The van der Waals surface area contributed by atoms with Crippen molar-refractivity contribution in [3.8, 4) is 0 Å². The van der Waals surface area contributed by atoms with Crippen LogP contribution in [0.2, 0.25) is 38.3 Å². The van der Waals surface area contributed by atoms with Gasteiger partial charge in [-0.05, 0) is 65.0 Å². The Morgan fingerprint density at radius 2 is 1.12 bits per heavy atom. The van der Waals surface area contributed by atoms with Crippen molar-refractivity contribution in [2.45, 2.75) is 75.5 Å². The topological polar surface area (TPSA) is 61.8 Å². The summed E-state index contributed by atoms with van der Waals surface area (Å²) < 4.78 is 16.8. The minimum Gasteiger partial charge on any atom is -0.465 e. The molecule has 0 fully saturated rings. The van der Waals surface area contributed by atoms with Gasteiger partial charge < -0.3 is 13.6 Å². The van der Waals surface area contributed by atoms with E-state index in [0.29, 0.717) is 13.2 Å². The van der Waals surface area contributed by atoms with Crippen molar-refractivity contribution in [2.24, 2.45) is 0 Å². The fourth-order valence-electron chi connectivity index (χ4n) is 2.43. The Kier molecular flexibility index (Phi) is 11.7. The number of carbonyl (C=O) groups excluding carboxylic acids is 2. The number of carbonyl (C=O) groups is 2. The first-order chi connectivity index (χ1) is 11.4. The predicted molar refractivity (Wildman–Crippen MR) is 114 cm³/mol. The number of rotatable bonds is 12. The van der Waals surface area contributed by atoms with Gasteiger partial charge in [-0.3, -0.25) is 9.59 Å². The zero-order chi connectivity index (χ0) is 19.7. The van der Waals surface area contributed by atoms with E-state index >= 15 is 0 Å². The summed E-state index contributed by atoms with van der Waals surface area (Å²) in [4.78, 5) is 22.8. The summed E-state index contributed by atoms with van der Waals surface area (Å²) in [6.07, 6.45) is 1.63. The van der Waals surface area contributed by atoms with E-state index in [1.807, 2.05) is 0 Å². The lowest BCUT2D eigenvalue weighted by Crippen LogP contribution is -2.44. The minimum atomic E-state index is -1.81. The lowest BCUT2D eigenvalue weighted by molar-refractivity contribution is -0.143. The molecule has 0 spiro atoms. The van der Waals surface area contributed by atoms with Gasteiger partial charge in [0.25, 0.3) is 0 Å². The highest BCUT2D eigenvalue weighted by molar-refractivity contribution is 7.81. The quantitative estimate of drug-likeness (QED) is 0.214. The van der Waals surface area contributed by atoms with Gasteiger partial charge in [0.15, 0.2) is 16.6 Å². The van der Waals surface area contributed by atoms with E-state index in [-0.39, 0.29) is 22.4 Å². The van der Waals surface area contributed by atoms with E-state index in [2.05, 4.69) is 51.4 Å². The number of esters is 2. The summed E-state index contributed by atoms with van der Waals surface area (Å²) in [7, 11) is -3.61. The molecule has 148 valence electrons. The highest BCUT2D eigenvalue weighted by atomic mass is 32.1. The first-order valence-corrected chi connectivity index (χ1v) is 16.0. The fourth-order valence-corrected chi connectivity index (χ4v) is 11.4. The van der Waals surface area contributed by atoms with E-state index in [1.54, 1.807) is 13.8 Å². The normalized spacial score (nSPS) is 14.7. The van der Waals surface area contributed by atoms with E-state index in [0.717, 1.165) is 24.9 Å². The van der Waals surface area contributed by atoms with Crippen molar-refractivity contribution < 1.29 is 23.2 Å². The summed E-state index contributed by atoms with van der Waals surface area (Å²) in [5.74, 6) is -0.549. The van der Waals surface area contributed by atoms with Crippen molar-refractivity contribution in [1.29, 1.82) is 0 Å². The van der Waals surface area contributed by atoms with Crippen LogP contribution in [0.1, 0.15) is 26.7 Å². The molecule has 0 amide bonds. The Balaban J connectivity index is 4.10. The second kappa shape index (κ2) is 11.7. The maximum absolute atomic E-state index is 11.4. The molecule has 0 saturated carbocycles. The highest BCUT2D eigenvalue weighted by Crippen LogP contribution is 2.24. The molecule has 0 heterocycles. The van der Waals surface area contributed by atoms with Crippen molar-refractivity contribution in [2.75, 3.05) is 13.2 Å². The van der Waals surface area contributed by atoms with E-state index < -0.39 is 16.6 Å². The van der Waals surface area contributed by atoms with Crippen LogP contribution in [0.5, 0.6) is 0 Å². The van der Waals surface area contributed by atoms with Gasteiger partial charge in [-0.25, -0.2) is 0 Å². The maximum atomic E-state index is 11.4. The Hall–Kier alpha value is 0.0338. The van der Waals surface area contributed by atoms with Crippen LogP contribution in [0.4, 0.5) is 0 Å². The zero-order valence-corrected chi connectivity index (χ0v) is 20.1. The van der Waals surface area contributed by atoms with Crippen molar-refractivity contribution >= 4 is 53.8 Å². The standard InChI is InChI=1S/C16H34O5S2Si2/c1-13(22)15(17)19-9-7-11-24(3,4)21-25(5,6)12-8-10-20-16(18)14(2)23/h13-14,22-23H,7-12H2,1-6H3. The van der Waals surface area contributed by atoms with Crippen LogP contribution in [0.3, 0.4) is 0 Å². The zero-order valence-electron chi connectivity index (χ0n) is 16.3. The van der Waals surface area contributed by atoms with Crippen LogP contribution in [0.25, 0.3) is 0 Å². The van der Waals surface area contributed by atoms with Gasteiger partial charge in [0.1, 0.15) is 0 Å². The highest BCUT2D eigenvalue weighted by Gasteiger charge is 2.32. The molecule has 0 aromatic carbocycles. The summed E-state index contributed by atoms with van der Waals surface area (Å²) >= 11 is 8.10. The Bertz CT molecular complexity index is 391. The number of thiol groups is 2. The number of hydrogen-bond acceptors (Lipinski definition) is 7. The lowest BCUT2D eigenvalue weighted by atomic mass is 10.5. The first kappa shape index (κ1) is 25.0. The summed E-state index contributed by atoms with van der Waals surface area (Å²) in [6.45, 7) is 13.1. The third kappa shape index (κ3) is 12.9. The summed E-state index contributed by atoms with van der Waals surface area (Å²) in [5, 5.41) is -0.764. The largest absolute Gasteiger partial charge is 0.465 e. The van der Waals surface area contributed by atoms with Crippen LogP contribution in [-0.4, -0.2) is 52.3 Å². The Morgan fingerprint density at radius 3 is 1.40 bits per heavy atom. The summed E-state index contributed by atoms with van der Waals surface area (Å²) in [6, 6.07) is 1.90. The molecule has 0 bridgehead atoms. The smallest absolute Gasteiger partial charge is 0.318 e. The molecule has 9 heteroatoms. The molecule has 0 N–H and O–H groups in total. The van der Waals surface area contributed by atoms with Crippen LogP contribution in [0, 0.1) is 0 Å². The van der Waals surface area contributed by atoms with Gasteiger partial charge in [0.2, 0.25) is 0 Å². The molecule has 0 rings (SSSR count). The molecule has 0 aromatic rings. The van der Waals surface area contributed by atoms with Gasteiger partial charge in [-0.2, -0.15) is 25.3 Å². The molecule has 2 atom stereocenters. The number of ether oxygens (including phenoxy) is 2. The molecule has 0 aromatic heterocycles. The average Bonchev–Trinajstić information content (AvgIpc) is 2.46. The lowest BCUT2D eigenvalue weighted by Gasteiger charge is -2.34. The molecule has 0 aliphatic rings. The minimum absolute atomic E-state index is 0.275. The molecule has 5 nitrogen and oxygen atoms in total. The monoisotopic (exact) mass is 426 g/mol. The SMILES string of the molecule is CC(S)C(=O)OCCC[Si](C)(C)O[Si](C)(C)CCCOC(=O)C(C)S. The second-order valence-corrected chi connectivity index (χ2v) is 17.9. The van der Waals surface area contributed by atoms with E-state index in [4.69, 9.17) is 13.6 Å². The second-order valence-electron chi connectivity index (χ2n) is 7.52. The Morgan fingerprint density at radius 1 is 0.800 bits per heavy atom. The molecular formula is C16H34O5S2Si2. The third-order valence-corrected chi connectivity index (χ3v) is 11.5. The molecule has 2 unspecified atom stereocenters. The van der Waals surface area contributed by atoms with Crippen LogP contribution < -0.4 is 0 Å². The van der Waals surface area contributed by atoms with Crippen LogP contribution in [0.15, 0.2) is 0 Å². The fraction of sp³-hybridized carbons (Fsp3) is 0.875. The molecule has 25 heavy (non-hydrogen) atoms. The van der Waals surface area contributed by atoms with Crippen molar-refractivity contribution in [1.82, 2.24) is 0 Å². The molecule has 0 saturated heterocycles. The average molecular weight is 427 g/mol. The van der Waals surface area contributed by atoms with Crippen molar-refractivity contribution in [3.63, 3.8) is 0 Å². The van der Waals surface area contributed by atoms with E-state index in [1.165, 1.54) is 0 Å². The van der Waals surface area contributed by atoms with Gasteiger partial charge in [-0.1, -0.05) is 0 Å². The molecule has 0 aliphatic carbocycles. The first-order valence-electron chi connectivity index (χ1n) is 8.76.